The second-order valence-electron chi connectivity index (χ2n) is 0.697. The highest BCUT2D eigenvalue weighted by Gasteiger charge is 1.66. The van der Waals surface area contributed by atoms with Gasteiger partial charge < -0.3 is 10.5 Å². The molecule has 0 saturated carbocycles. The predicted molar refractivity (Wildman–Crippen MR) is 20.4 cm³/mol. The van der Waals surface area contributed by atoms with Gasteiger partial charge >= 0.3 is 0 Å². The first kappa shape index (κ1) is 4.92. The lowest BCUT2D eigenvalue weighted by molar-refractivity contribution is 0.252. The van der Waals surface area contributed by atoms with Crippen LogP contribution in [-0.4, -0.2) is 13.2 Å². The molecule has 0 rings (SSSR count). The number of hydrogen-bond acceptors (Lipinski definition) is 2. The standard InChI is InChI=1S/C3H8NO/c1-5-3-2-4/h1-4H2. The summed E-state index contributed by atoms with van der Waals surface area (Å²) >= 11 is 0. The number of rotatable bonds is 2. The summed E-state index contributed by atoms with van der Waals surface area (Å²) in [5.74, 6) is 0. The Morgan fingerprint density at radius 3 is 2.40 bits per heavy atom. The van der Waals surface area contributed by atoms with Crippen LogP contribution in [0.1, 0.15) is 0 Å². The summed E-state index contributed by atoms with van der Waals surface area (Å²) in [4.78, 5) is 0. The molecule has 1 radical (unpaired) electrons. The van der Waals surface area contributed by atoms with Crippen molar-refractivity contribution in [1.82, 2.24) is 0 Å². The topological polar surface area (TPSA) is 35.2 Å². The van der Waals surface area contributed by atoms with Crippen LogP contribution >= 0.6 is 0 Å². The number of ether oxygens (including phenoxy) is 1. The van der Waals surface area contributed by atoms with Gasteiger partial charge in [-0.3, -0.25) is 0 Å². The van der Waals surface area contributed by atoms with Crippen LogP contribution in [0.3, 0.4) is 0 Å². The van der Waals surface area contributed by atoms with Crippen molar-refractivity contribution in [2.45, 2.75) is 0 Å². The molecule has 0 aliphatic rings. The SMILES string of the molecule is [CH2]OCCN. The average Bonchev–Trinajstić information content (AvgIpc) is 1.41. The summed E-state index contributed by atoms with van der Waals surface area (Å²) < 4.78 is 4.32. The lowest BCUT2D eigenvalue weighted by atomic mass is 10.7. The van der Waals surface area contributed by atoms with Gasteiger partial charge in [-0.05, 0) is 0 Å². The van der Waals surface area contributed by atoms with E-state index < -0.39 is 0 Å². The molecule has 0 aliphatic heterocycles. The molecular weight excluding hydrogens is 66.0 g/mol. The van der Waals surface area contributed by atoms with Crippen molar-refractivity contribution in [1.29, 1.82) is 0 Å². The molecule has 0 saturated heterocycles. The monoisotopic (exact) mass is 74.1 g/mol. The fourth-order valence-electron chi connectivity index (χ4n) is 0.0833. The lowest BCUT2D eigenvalue weighted by Crippen LogP contribution is -2.04. The van der Waals surface area contributed by atoms with E-state index in [4.69, 9.17) is 5.73 Å². The van der Waals surface area contributed by atoms with Crippen molar-refractivity contribution in [3.05, 3.63) is 7.11 Å². The highest BCUT2D eigenvalue weighted by Crippen LogP contribution is 1.57. The van der Waals surface area contributed by atoms with Gasteiger partial charge in [0.25, 0.3) is 0 Å². The average molecular weight is 74.1 g/mol. The molecule has 0 unspecified atom stereocenters. The van der Waals surface area contributed by atoms with Gasteiger partial charge in [0.05, 0.1) is 13.7 Å². The Balaban J connectivity index is 2.19. The summed E-state index contributed by atoms with van der Waals surface area (Å²) in [5.41, 5.74) is 4.97. The molecule has 0 amide bonds. The molecular formula is C3H8NO. The third-order valence-corrected chi connectivity index (χ3v) is 0.262. The fourth-order valence-corrected chi connectivity index (χ4v) is 0.0833. The van der Waals surface area contributed by atoms with Crippen LogP contribution in [0.15, 0.2) is 0 Å². The van der Waals surface area contributed by atoms with Gasteiger partial charge in [0.2, 0.25) is 0 Å². The zero-order valence-corrected chi connectivity index (χ0v) is 3.11. The van der Waals surface area contributed by atoms with E-state index in [0.29, 0.717) is 13.2 Å². The molecule has 5 heavy (non-hydrogen) atoms. The van der Waals surface area contributed by atoms with Crippen LogP contribution < -0.4 is 5.73 Å². The Kier molecular flexibility index (Phi) is 3.86. The third kappa shape index (κ3) is 3.92. The molecule has 0 aliphatic carbocycles. The molecule has 0 atom stereocenters. The summed E-state index contributed by atoms with van der Waals surface area (Å²) in [7, 11) is 3.10. The van der Waals surface area contributed by atoms with Crippen molar-refractivity contribution in [2.75, 3.05) is 13.2 Å². The first-order valence-electron chi connectivity index (χ1n) is 1.49. The fraction of sp³-hybridized carbons (Fsp3) is 0.667. The van der Waals surface area contributed by atoms with E-state index in [1.807, 2.05) is 0 Å². The summed E-state index contributed by atoms with van der Waals surface area (Å²) in [6.45, 7) is 1.11. The van der Waals surface area contributed by atoms with E-state index in [9.17, 15) is 0 Å². The van der Waals surface area contributed by atoms with Gasteiger partial charge in [-0.25, -0.2) is 0 Å². The van der Waals surface area contributed by atoms with Gasteiger partial charge in [-0.2, -0.15) is 0 Å². The van der Waals surface area contributed by atoms with Crippen molar-refractivity contribution in [2.24, 2.45) is 5.73 Å². The van der Waals surface area contributed by atoms with E-state index in [0.717, 1.165) is 0 Å². The van der Waals surface area contributed by atoms with E-state index >= 15 is 0 Å². The van der Waals surface area contributed by atoms with Crippen LogP contribution in [0.25, 0.3) is 0 Å². The minimum atomic E-state index is 0.556. The van der Waals surface area contributed by atoms with Gasteiger partial charge in [0.1, 0.15) is 0 Å². The zero-order chi connectivity index (χ0) is 4.12. The molecule has 0 aromatic carbocycles. The highest BCUT2D eigenvalue weighted by atomic mass is 16.5. The molecule has 0 aromatic rings. The minimum Gasteiger partial charge on any atom is -0.378 e. The van der Waals surface area contributed by atoms with E-state index in [1.54, 1.807) is 0 Å². The van der Waals surface area contributed by atoms with Crippen LogP contribution in [-0.2, 0) is 4.74 Å². The van der Waals surface area contributed by atoms with Crippen molar-refractivity contribution < 1.29 is 4.74 Å². The molecule has 0 heterocycles. The smallest absolute Gasteiger partial charge is 0.0701 e. The van der Waals surface area contributed by atoms with Gasteiger partial charge in [-0.1, -0.05) is 0 Å². The van der Waals surface area contributed by atoms with Gasteiger partial charge in [0, 0.05) is 6.54 Å². The molecule has 2 nitrogen and oxygen atoms in total. The first-order valence-corrected chi connectivity index (χ1v) is 1.49. The predicted octanol–water partition coefficient (Wildman–Crippen LogP) is -0.247. The highest BCUT2D eigenvalue weighted by molar-refractivity contribution is 4.24. The maximum Gasteiger partial charge on any atom is 0.0701 e. The van der Waals surface area contributed by atoms with Crippen molar-refractivity contribution in [3.63, 3.8) is 0 Å². The zero-order valence-electron chi connectivity index (χ0n) is 3.11. The van der Waals surface area contributed by atoms with Crippen LogP contribution in [0, 0.1) is 7.11 Å². The Labute approximate surface area is 31.9 Å². The van der Waals surface area contributed by atoms with Crippen LogP contribution in [0.4, 0.5) is 0 Å². The molecule has 2 heteroatoms. The van der Waals surface area contributed by atoms with E-state index in [1.165, 1.54) is 0 Å². The maximum atomic E-state index is 4.97. The Morgan fingerprint density at radius 1 is 1.80 bits per heavy atom. The summed E-state index contributed by atoms with van der Waals surface area (Å²) in [6.07, 6.45) is 0. The van der Waals surface area contributed by atoms with Gasteiger partial charge in [-0.15, -0.1) is 0 Å². The minimum absolute atomic E-state index is 0.556. The normalized spacial score (nSPS) is 8.40. The maximum absolute atomic E-state index is 4.97. The molecule has 31 valence electrons. The second kappa shape index (κ2) is 3.92. The molecule has 0 aromatic heterocycles. The third-order valence-electron chi connectivity index (χ3n) is 0.262. The largest absolute Gasteiger partial charge is 0.378 e. The number of hydrogen-bond donors (Lipinski definition) is 1. The Hall–Kier alpha value is -0.0800. The second-order valence-corrected chi connectivity index (χ2v) is 0.697. The van der Waals surface area contributed by atoms with Crippen LogP contribution in [0.2, 0.25) is 0 Å². The first-order chi connectivity index (χ1) is 2.41. The van der Waals surface area contributed by atoms with Crippen molar-refractivity contribution in [3.8, 4) is 0 Å². The molecule has 0 spiro atoms. The van der Waals surface area contributed by atoms with Crippen LogP contribution in [0.5, 0.6) is 0 Å². The Morgan fingerprint density at radius 2 is 2.40 bits per heavy atom. The molecule has 0 bridgehead atoms. The summed E-state index contributed by atoms with van der Waals surface area (Å²) in [6, 6.07) is 0. The molecule has 2 N–H and O–H groups in total. The lowest BCUT2D eigenvalue weighted by Gasteiger charge is -1.84. The van der Waals surface area contributed by atoms with Crippen molar-refractivity contribution >= 4 is 0 Å². The van der Waals surface area contributed by atoms with E-state index in [2.05, 4.69) is 11.8 Å². The Bertz CT molecular complexity index is 14.4. The number of nitrogens with two attached hydrogens (primary N) is 1. The molecule has 0 fully saturated rings. The summed E-state index contributed by atoms with van der Waals surface area (Å²) in [5, 5.41) is 0. The van der Waals surface area contributed by atoms with Gasteiger partial charge in [0.15, 0.2) is 0 Å². The van der Waals surface area contributed by atoms with E-state index in [-0.39, 0.29) is 0 Å². The quantitative estimate of drug-likeness (QED) is 0.490.